The summed E-state index contributed by atoms with van der Waals surface area (Å²) in [6.07, 6.45) is 3.73. The minimum Gasteiger partial charge on any atom is -0.478 e. The molecule has 2 aromatic carbocycles. The van der Waals surface area contributed by atoms with Crippen LogP contribution in [0.15, 0.2) is 65.3 Å². The van der Waals surface area contributed by atoms with Gasteiger partial charge in [0.1, 0.15) is 0 Å². The van der Waals surface area contributed by atoms with Crippen molar-refractivity contribution in [2.24, 2.45) is 4.99 Å². The number of likely N-dealkylation sites (N-methyl/N-ethyl adjacent to an activating group) is 1. The Labute approximate surface area is 141 Å². The molecule has 24 heavy (non-hydrogen) atoms. The molecule has 1 heterocycles. The highest BCUT2D eigenvalue weighted by molar-refractivity contribution is 5.89. The number of anilines is 1. The molecule has 0 fully saturated rings. The predicted octanol–water partition coefficient (Wildman–Crippen LogP) is 4.40. The van der Waals surface area contributed by atoms with Crippen molar-refractivity contribution in [1.29, 1.82) is 0 Å². The summed E-state index contributed by atoms with van der Waals surface area (Å²) in [4.78, 5) is 17.6. The van der Waals surface area contributed by atoms with Crippen molar-refractivity contribution in [3.05, 3.63) is 71.4 Å². The highest BCUT2D eigenvalue weighted by atomic mass is 16.4. The number of fused-ring (bicyclic) bond motifs is 1. The second-order valence-electron chi connectivity index (χ2n) is 6.39. The molecule has 0 radical (unpaired) electrons. The van der Waals surface area contributed by atoms with E-state index in [1.807, 2.05) is 12.1 Å². The molecule has 4 heteroatoms. The normalized spacial score (nSPS) is 17.5. The summed E-state index contributed by atoms with van der Waals surface area (Å²) < 4.78 is 0. The first-order valence-corrected chi connectivity index (χ1v) is 7.82. The highest BCUT2D eigenvalue weighted by Gasteiger charge is 2.37. The summed E-state index contributed by atoms with van der Waals surface area (Å²) in [5, 5.41) is 9.04. The number of carboxylic acid groups (broad SMARTS) is 1. The lowest BCUT2D eigenvalue weighted by atomic mass is 9.84. The van der Waals surface area contributed by atoms with Crippen molar-refractivity contribution < 1.29 is 9.90 Å². The van der Waals surface area contributed by atoms with E-state index in [1.54, 1.807) is 30.5 Å². The summed E-state index contributed by atoms with van der Waals surface area (Å²) in [7, 11) is 2.05. The van der Waals surface area contributed by atoms with Crippen LogP contribution in [0.5, 0.6) is 0 Å². The van der Waals surface area contributed by atoms with Crippen molar-refractivity contribution >= 4 is 23.6 Å². The molecule has 2 aromatic rings. The Morgan fingerprint density at radius 2 is 1.92 bits per heavy atom. The predicted molar refractivity (Wildman–Crippen MR) is 97.5 cm³/mol. The second kappa shape index (κ2) is 5.96. The number of rotatable bonds is 3. The molecule has 0 saturated carbocycles. The lowest BCUT2D eigenvalue weighted by Gasteiger charge is -2.23. The third-order valence-electron chi connectivity index (χ3n) is 4.49. The van der Waals surface area contributed by atoms with Gasteiger partial charge in [-0.05, 0) is 35.9 Å². The topological polar surface area (TPSA) is 52.9 Å². The maximum Gasteiger partial charge on any atom is 0.335 e. The summed E-state index contributed by atoms with van der Waals surface area (Å²) >= 11 is 0. The fourth-order valence-corrected chi connectivity index (χ4v) is 3.21. The quantitative estimate of drug-likeness (QED) is 0.853. The van der Waals surface area contributed by atoms with Crippen LogP contribution in [0.1, 0.15) is 29.8 Å². The van der Waals surface area contributed by atoms with Crippen LogP contribution < -0.4 is 4.90 Å². The van der Waals surface area contributed by atoms with Crippen molar-refractivity contribution in [2.75, 3.05) is 11.9 Å². The van der Waals surface area contributed by atoms with E-state index in [0.717, 1.165) is 5.70 Å². The van der Waals surface area contributed by atoms with Gasteiger partial charge in [0.05, 0.1) is 11.3 Å². The van der Waals surface area contributed by atoms with Gasteiger partial charge in [0, 0.05) is 30.1 Å². The molecule has 4 nitrogen and oxygen atoms in total. The summed E-state index contributed by atoms with van der Waals surface area (Å²) in [5.74, 6) is -0.947. The van der Waals surface area contributed by atoms with E-state index < -0.39 is 5.97 Å². The summed E-state index contributed by atoms with van der Waals surface area (Å²) in [6.45, 7) is 4.39. The molecular weight excluding hydrogens is 300 g/mol. The number of hydrogen-bond acceptors (Lipinski definition) is 3. The van der Waals surface area contributed by atoms with Crippen molar-refractivity contribution in [3.63, 3.8) is 0 Å². The van der Waals surface area contributed by atoms with Crippen LogP contribution in [0, 0.1) is 0 Å². The van der Waals surface area contributed by atoms with Crippen molar-refractivity contribution in [3.8, 4) is 0 Å². The third-order valence-corrected chi connectivity index (χ3v) is 4.49. The summed E-state index contributed by atoms with van der Waals surface area (Å²) in [6, 6.07) is 15.0. The van der Waals surface area contributed by atoms with Gasteiger partial charge in [0.2, 0.25) is 0 Å². The van der Waals surface area contributed by atoms with E-state index in [-0.39, 0.29) is 11.0 Å². The fourth-order valence-electron chi connectivity index (χ4n) is 3.21. The minimum atomic E-state index is -0.947. The van der Waals surface area contributed by atoms with Crippen LogP contribution >= 0.6 is 0 Å². The number of hydrogen-bond donors (Lipinski definition) is 1. The molecule has 0 atom stereocenters. The first kappa shape index (κ1) is 16.0. The van der Waals surface area contributed by atoms with Crippen LogP contribution in [-0.4, -0.2) is 24.3 Å². The zero-order valence-electron chi connectivity index (χ0n) is 14.0. The van der Waals surface area contributed by atoms with Crippen LogP contribution in [-0.2, 0) is 5.41 Å². The van der Waals surface area contributed by atoms with Gasteiger partial charge < -0.3 is 10.0 Å². The van der Waals surface area contributed by atoms with Crippen molar-refractivity contribution in [1.82, 2.24) is 0 Å². The third kappa shape index (κ3) is 2.71. The molecular formula is C20H20N2O2. The standard InChI is InChI=1S/C20H20N2O2/c1-20(2)16-9-4-5-10-17(16)22(3)18(20)11-12-21-15-8-6-7-14(13-15)19(23)24/h4-13H,1-3H3,(H,23,24)/b18-11+,21-12?. The fraction of sp³-hybridized carbons (Fsp3) is 0.200. The zero-order valence-corrected chi connectivity index (χ0v) is 14.0. The second-order valence-corrected chi connectivity index (χ2v) is 6.39. The number of aliphatic imine (C=N–C) groups is 1. The number of benzene rings is 2. The zero-order chi connectivity index (χ0) is 17.3. The Bertz CT molecular complexity index is 850. The Balaban J connectivity index is 1.90. The maximum atomic E-state index is 11.0. The van der Waals surface area contributed by atoms with E-state index in [9.17, 15) is 4.79 Å². The van der Waals surface area contributed by atoms with Gasteiger partial charge in [0.25, 0.3) is 0 Å². The van der Waals surface area contributed by atoms with Gasteiger partial charge >= 0.3 is 5.97 Å². The Hall–Kier alpha value is -2.88. The van der Waals surface area contributed by atoms with Crippen LogP contribution in [0.25, 0.3) is 0 Å². The first-order chi connectivity index (χ1) is 11.4. The number of carboxylic acids is 1. The molecule has 3 rings (SSSR count). The van der Waals surface area contributed by atoms with Crippen LogP contribution in [0.3, 0.4) is 0 Å². The largest absolute Gasteiger partial charge is 0.478 e. The molecule has 0 saturated heterocycles. The molecule has 0 aromatic heterocycles. The van der Waals surface area contributed by atoms with Crippen LogP contribution in [0.4, 0.5) is 11.4 Å². The van der Waals surface area contributed by atoms with Gasteiger partial charge in [-0.15, -0.1) is 0 Å². The molecule has 1 aliphatic heterocycles. The number of allylic oxidation sites excluding steroid dienone is 2. The molecule has 0 unspecified atom stereocenters. The minimum absolute atomic E-state index is 0.0969. The SMILES string of the molecule is CN1/C(=C/C=Nc2cccc(C(=O)O)c2)C(C)(C)c2ccccc21. The monoisotopic (exact) mass is 320 g/mol. The van der Waals surface area contributed by atoms with E-state index in [0.29, 0.717) is 5.69 Å². The molecule has 122 valence electrons. The Kier molecular flexibility index (Phi) is 3.97. The van der Waals surface area contributed by atoms with Crippen LogP contribution in [0.2, 0.25) is 0 Å². The number of para-hydroxylation sites is 1. The first-order valence-electron chi connectivity index (χ1n) is 7.82. The maximum absolute atomic E-state index is 11.0. The smallest absolute Gasteiger partial charge is 0.335 e. The average molecular weight is 320 g/mol. The number of nitrogens with zero attached hydrogens (tertiary/aromatic N) is 2. The van der Waals surface area contributed by atoms with Gasteiger partial charge in [-0.1, -0.05) is 38.1 Å². The van der Waals surface area contributed by atoms with Crippen molar-refractivity contribution in [2.45, 2.75) is 19.3 Å². The number of aromatic carboxylic acids is 1. The lowest BCUT2D eigenvalue weighted by molar-refractivity contribution is 0.0697. The molecule has 1 N–H and O–H groups in total. The van der Waals surface area contributed by atoms with E-state index in [4.69, 9.17) is 5.11 Å². The lowest BCUT2D eigenvalue weighted by Crippen LogP contribution is -2.23. The van der Waals surface area contributed by atoms with Gasteiger partial charge in [-0.25, -0.2) is 4.79 Å². The van der Waals surface area contributed by atoms with E-state index >= 15 is 0 Å². The summed E-state index contributed by atoms with van der Waals surface area (Å²) in [5.41, 5.74) is 4.42. The van der Waals surface area contributed by atoms with Gasteiger partial charge in [-0.2, -0.15) is 0 Å². The Morgan fingerprint density at radius 1 is 1.17 bits per heavy atom. The molecule has 0 amide bonds. The highest BCUT2D eigenvalue weighted by Crippen LogP contribution is 2.46. The Morgan fingerprint density at radius 3 is 2.62 bits per heavy atom. The van der Waals surface area contributed by atoms with Gasteiger partial charge in [-0.3, -0.25) is 4.99 Å². The van der Waals surface area contributed by atoms with E-state index in [2.05, 4.69) is 49.0 Å². The molecule has 0 bridgehead atoms. The molecule has 0 spiro atoms. The number of carbonyl (C=O) groups is 1. The molecule has 0 aliphatic carbocycles. The van der Waals surface area contributed by atoms with Gasteiger partial charge in [0.15, 0.2) is 0 Å². The van der Waals surface area contributed by atoms with E-state index in [1.165, 1.54) is 11.3 Å². The average Bonchev–Trinajstić information content (AvgIpc) is 2.76. The molecule has 1 aliphatic rings.